The van der Waals surface area contributed by atoms with Crippen molar-refractivity contribution in [2.24, 2.45) is 0 Å². The number of hydrogen-bond acceptors (Lipinski definition) is 2. The second-order valence-corrected chi connectivity index (χ2v) is 7.15. The van der Waals surface area contributed by atoms with Gasteiger partial charge in [-0.3, -0.25) is 4.79 Å². The van der Waals surface area contributed by atoms with Crippen molar-refractivity contribution in [1.82, 2.24) is 9.80 Å². The van der Waals surface area contributed by atoms with Gasteiger partial charge in [-0.05, 0) is 44.0 Å². The first-order valence-corrected chi connectivity index (χ1v) is 9.31. The first kappa shape index (κ1) is 18.0. The fraction of sp³-hybridized carbons (Fsp3) is 0.381. The minimum atomic E-state index is 0.0479. The minimum Gasteiger partial charge on any atom is -0.337 e. The molecular formula is C21H25ClN2O. The molecule has 0 bridgehead atoms. The molecule has 0 N–H and O–H groups in total. The first-order valence-electron chi connectivity index (χ1n) is 8.93. The molecule has 1 atom stereocenters. The number of benzene rings is 2. The minimum absolute atomic E-state index is 0.0479. The van der Waals surface area contributed by atoms with Gasteiger partial charge in [0.2, 0.25) is 0 Å². The standard InChI is InChI=1S/C21H25ClN2O/c1-23(15-13-17-8-3-2-4-9-17)18-10-7-14-24(16-18)21(25)19-11-5-6-12-20(19)22/h2-6,8-9,11-12,18H,7,10,13-16H2,1H3/t18-/m0/s1. The van der Waals surface area contributed by atoms with Gasteiger partial charge in [-0.1, -0.05) is 54.1 Å². The van der Waals surface area contributed by atoms with Crippen LogP contribution in [0.4, 0.5) is 0 Å². The third-order valence-electron chi connectivity index (χ3n) is 5.01. The summed E-state index contributed by atoms with van der Waals surface area (Å²) >= 11 is 6.20. The van der Waals surface area contributed by atoms with Crippen LogP contribution in [0.25, 0.3) is 0 Å². The molecule has 1 aliphatic rings. The summed E-state index contributed by atoms with van der Waals surface area (Å²) < 4.78 is 0. The van der Waals surface area contributed by atoms with E-state index >= 15 is 0 Å². The number of carbonyl (C=O) groups excluding carboxylic acids is 1. The smallest absolute Gasteiger partial charge is 0.255 e. The zero-order valence-electron chi connectivity index (χ0n) is 14.7. The van der Waals surface area contributed by atoms with Crippen LogP contribution in [-0.4, -0.2) is 48.4 Å². The lowest BCUT2D eigenvalue weighted by Crippen LogP contribution is -2.49. The predicted molar refractivity (Wildman–Crippen MR) is 103 cm³/mol. The molecule has 0 saturated carbocycles. The second-order valence-electron chi connectivity index (χ2n) is 6.74. The van der Waals surface area contributed by atoms with Gasteiger partial charge < -0.3 is 9.80 Å². The monoisotopic (exact) mass is 356 g/mol. The topological polar surface area (TPSA) is 23.6 Å². The molecule has 1 amide bonds. The van der Waals surface area contributed by atoms with Gasteiger partial charge in [0.1, 0.15) is 0 Å². The zero-order valence-corrected chi connectivity index (χ0v) is 15.5. The summed E-state index contributed by atoms with van der Waals surface area (Å²) in [5, 5.41) is 0.534. The molecule has 3 nitrogen and oxygen atoms in total. The van der Waals surface area contributed by atoms with E-state index in [2.05, 4.69) is 36.2 Å². The Bertz CT molecular complexity index is 704. The second kappa shape index (κ2) is 8.50. The van der Waals surface area contributed by atoms with Crippen LogP contribution >= 0.6 is 11.6 Å². The number of likely N-dealkylation sites (tertiary alicyclic amines) is 1. The fourth-order valence-corrected chi connectivity index (χ4v) is 3.65. The van der Waals surface area contributed by atoms with Crippen LogP contribution in [0.1, 0.15) is 28.8 Å². The Hall–Kier alpha value is -1.84. The SMILES string of the molecule is CN(CCc1ccccc1)[C@H]1CCCN(C(=O)c2ccccc2Cl)C1. The van der Waals surface area contributed by atoms with Crippen LogP contribution in [0, 0.1) is 0 Å². The number of rotatable bonds is 5. The molecule has 1 saturated heterocycles. The summed E-state index contributed by atoms with van der Waals surface area (Å²) in [6, 6.07) is 18.3. The van der Waals surface area contributed by atoms with Crippen LogP contribution in [0.15, 0.2) is 54.6 Å². The zero-order chi connectivity index (χ0) is 17.6. The molecule has 1 aliphatic heterocycles. The number of amides is 1. The largest absolute Gasteiger partial charge is 0.337 e. The molecule has 132 valence electrons. The Labute approximate surface area is 155 Å². The third kappa shape index (κ3) is 4.62. The van der Waals surface area contributed by atoms with Gasteiger partial charge in [0.15, 0.2) is 0 Å². The van der Waals surface area contributed by atoms with E-state index < -0.39 is 0 Å². The van der Waals surface area contributed by atoms with Gasteiger partial charge in [-0.2, -0.15) is 0 Å². The number of hydrogen-bond donors (Lipinski definition) is 0. The van der Waals surface area contributed by atoms with Gasteiger partial charge in [0.05, 0.1) is 10.6 Å². The molecule has 0 radical (unpaired) electrons. The Morgan fingerprint density at radius 3 is 2.64 bits per heavy atom. The molecule has 0 spiro atoms. The Morgan fingerprint density at radius 2 is 1.88 bits per heavy atom. The molecule has 1 heterocycles. The van der Waals surface area contributed by atoms with E-state index in [1.54, 1.807) is 6.07 Å². The van der Waals surface area contributed by atoms with Gasteiger partial charge in [0, 0.05) is 25.7 Å². The highest BCUT2D eigenvalue weighted by Crippen LogP contribution is 2.21. The van der Waals surface area contributed by atoms with E-state index in [1.807, 2.05) is 29.2 Å². The molecular weight excluding hydrogens is 332 g/mol. The third-order valence-corrected chi connectivity index (χ3v) is 5.34. The van der Waals surface area contributed by atoms with Crippen LogP contribution in [0.5, 0.6) is 0 Å². The number of carbonyl (C=O) groups is 1. The van der Waals surface area contributed by atoms with E-state index in [1.165, 1.54) is 5.56 Å². The highest BCUT2D eigenvalue weighted by atomic mass is 35.5. The Balaban J connectivity index is 1.59. The lowest BCUT2D eigenvalue weighted by molar-refractivity contribution is 0.0612. The average Bonchev–Trinajstić information content (AvgIpc) is 2.67. The van der Waals surface area contributed by atoms with E-state index in [-0.39, 0.29) is 5.91 Å². The molecule has 2 aromatic carbocycles. The normalized spacial score (nSPS) is 17.7. The maximum Gasteiger partial charge on any atom is 0.255 e. The molecule has 0 unspecified atom stereocenters. The summed E-state index contributed by atoms with van der Waals surface area (Å²) in [4.78, 5) is 17.1. The van der Waals surface area contributed by atoms with Gasteiger partial charge in [-0.25, -0.2) is 0 Å². The van der Waals surface area contributed by atoms with E-state index in [0.717, 1.165) is 38.9 Å². The van der Waals surface area contributed by atoms with Crippen molar-refractivity contribution in [3.63, 3.8) is 0 Å². The van der Waals surface area contributed by atoms with Crippen molar-refractivity contribution in [2.45, 2.75) is 25.3 Å². The van der Waals surface area contributed by atoms with E-state index in [4.69, 9.17) is 11.6 Å². The van der Waals surface area contributed by atoms with Crippen molar-refractivity contribution in [3.8, 4) is 0 Å². The van der Waals surface area contributed by atoms with Crippen LogP contribution in [-0.2, 0) is 6.42 Å². The lowest BCUT2D eigenvalue weighted by atomic mass is 10.0. The molecule has 2 aromatic rings. The maximum absolute atomic E-state index is 12.8. The van der Waals surface area contributed by atoms with Crippen molar-refractivity contribution in [2.75, 3.05) is 26.7 Å². The summed E-state index contributed by atoms with van der Waals surface area (Å²) in [5.41, 5.74) is 1.96. The van der Waals surface area contributed by atoms with Crippen molar-refractivity contribution in [3.05, 3.63) is 70.7 Å². The van der Waals surface area contributed by atoms with Crippen LogP contribution in [0.2, 0.25) is 5.02 Å². The van der Waals surface area contributed by atoms with Gasteiger partial charge in [-0.15, -0.1) is 0 Å². The average molecular weight is 357 g/mol. The lowest BCUT2D eigenvalue weighted by Gasteiger charge is -2.38. The summed E-state index contributed by atoms with van der Waals surface area (Å²) in [6.45, 7) is 2.59. The number of nitrogens with zero attached hydrogens (tertiary/aromatic N) is 2. The molecule has 4 heteroatoms. The Kier molecular flexibility index (Phi) is 6.11. The number of likely N-dealkylation sites (N-methyl/N-ethyl adjacent to an activating group) is 1. The quantitative estimate of drug-likeness (QED) is 0.804. The van der Waals surface area contributed by atoms with Crippen molar-refractivity contribution < 1.29 is 4.79 Å². The summed E-state index contributed by atoms with van der Waals surface area (Å²) in [7, 11) is 2.16. The summed E-state index contributed by atoms with van der Waals surface area (Å²) in [6.07, 6.45) is 3.21. The van der Waals surface area contributed by atoms with Gasteiger partial charge in [0.25, 0.3) is 5.91 Å². The Morgan fingerprint density at radius 1 is 1.16 bits per heavy atom. The van der Waals surface area contributed by atoms with E-state index in [9.17, 15) is 4.79 Å². The van der Waals surface area contributed by atoms with Crippen molar-refractivity contribution >= 4 is 17.5 Å². The predicted octanol–water partition coefficient (Wildman–Crippen LogP) is 4.12. The highest BCUT2D eigenvalue weighted by molar-refractivity contribution is 6.33. The van der Waals surface area contributed by atoms with Gasteiger partial charge >= 0.3 is 0 Å². The number of halogens is 1. The highest BCUT2D eigenvalue weighted by Gasteiger charge is 2.27. The molecule has 0 aromatic heterocycles. The fourth-order valence-electron chi connectivity index (χ4n) is 3.44. The molecule has 3 rings (SSSR count). The van der Waals surface area contributed by atoms with Crippen molar-refractivity contribution in [1.29, 1.82) is 0 Å². The van der Waals surface area contributed by atoms with Crippen LogP contribution in [0.3, 0.4) is 0 Å². The maximum atomic E-state index is 12.8. The van der Waals surface area contributed by atoms with Crippen LogP contribution < -0.4 is 0 Å². The summed E-state index contributed by atoms with van der Waals surface area (Å²) in [5.74, 6) is 0.0479. The molecule has 1 fully saturated rings. The van der Waals surface area contributed by atoms with E-state index in [0.29, 0.717) is 16.6 Å². The molecule has 0 aliphatic carbocycles. The first-order chi connectivity index (χ1) is 12.1. The molecule has 25 heavy (non-hydrogen) atoms. The number of piperidine rings is 1.